The van der Waals surface area contributed by atoms with Crippen LogP contribution in [0.15, 0.2) is 12.7 Å². The minimum atomic E-state index is -0.238. The summed E-state index contributed by atoms with van der Waals surface area (Å²) in [6.07, 6.45) is 1.72. The van der Waals surface area contributed by atoms with Gasteiger partial charge in [0.15, 0.2) is 0 Å². The fourth-order valence-electron chi connectivity index (χ4n) is 1.86. The maximum absolute atomic E-state index is 10.0. The van der Waals surface area contributed by atoms with Gasteiger partial charge in [0.1, 0.15) is 0 Å². The van der Waals surface area contributed by atoms with Gasteiger partial charge in [0, 0.05) is 39.3 Å². The van der Waals surface area contributed by atoms with Gasteiger partial charge in [-0.1, -0.05) is 26.8 Å². The Morgan fingerprint density at radius 1 is 1.19 bits per heavy atom. The second kappa shape index (κ2) is 5.80. The summed E-state index contributed by atoms with van der Waals surface area (Å²) in [7, 11) is 0. The molecule has 3 nitrogen and oxygen atoms in total. The molecule has 1 N–H and O–H groups in total. The summed E-state index contributed by atoms with van der Waals surface area (Å²) in [5, 5.41) is 10.0. The average molecular weight is 226 g/mol. The standard InChI is InChI=1S/C13H26N2O/c1-5-6-14-7-9-15(10-8-14)11-12(16)13(2,3)4/h5,12,16H,1,6-11H2,2-4H3. The summed E-state index contributed by atoms with van der Waals surface area (Å²) < 4.78 is 0. The zero-order chi connectivity index (χ0) is 12.2. The molecule has 0 aromatic carbocycles. The highest BCUT2D eigenvalue weighted by Gasteiger charge is 2.25. The molecule has 16 heavy (non-hydrogen) atoms. The van der Waals surface area contributed by atoms with Crippen LogP contribution in [-0.2, 0) is 0 Å². The molecule has 0 radical (unpaired) electrons. The lowest BCUT2D eigenvalue weighted by Gasteiger charge is -2.37. The van der Waals surface area contributed by atoms with E-state index in [1.54, 1.807) is 0 Å². The zero-order valence-corrected chi connectivity index (χ0v) is 10.9. The second-order valence-electron chi connectivity index (χ2n) is 5.77. The first kappa shape index (κ1) is 13.7. The number of piperazine rings is 1. The van der Waals surface area contributed by atoms with Crippen molar-refractivity contribution in [2.45, 2.75) is 26.9 Å². The lowest BCUT2D eigenvalue weighted by Crippen LogP contribution is -2.50. The Bertz CT molecular complexity index is 214. The zero-order valence-electron chi connectivity index (χ0n) is 10.9. The Morgan fingerprint density at radius 2 is 1.69 bits per heavy atom. The molecule has 0 bridgehead atoms. The van der Waals surface area contributed by atoms with E-state index < -0.39 is 0 Å². The molecule has 94 valence electrons. The Balaban J connectivity index is 2.29. The predicted molar refractivity (Wildman–Crippen MR) is 68.5 cm³/mol. The minimum absolute atomic E-state index is 0.0156. The average Bonchev–Trinajstić information content (AvgIpc) is 2.20. The Labute approximate surface area is 99.7 Å². The van der Waals surface area contributed by atoms with E-state index in [1.165, 1.54) is 0 Å². The van der Waals surface area contributed by atoms with Gasteiger partial charge in [0.05, 0.1) is 6.10 Å². The fourth-order valence-corrected chi connectivity index (χ4v) is 1.86. The van der Waals surface area contributed by atoms with Crippen molar-refractivity contribution in [3.05, 3.63) is 12.7 Å². The smallest absolute Gasteiger partial charge is 0.0715 e. The number of β-amino-alcohol motifs (C(OH)–C–C–N with tert-alkyl or cyclic N) is 1. The third-order valence-corrected chi connectivity index (χ3v) is 3.28. The largest absolute Gasteiger partial charge is 0.391 e. The first-order chi connectivity index (χ1) is 7.43. The van der Waals surface area contributed by atoms with E-state index in [-0.39, 0.29) is 11.5 Å². The Hall–Kier alpha value is -0.380. The highest BCUT2D eigenvalue weighted by molar-refractivity contribution is 4.82. The van der Waals surface area contributed by atoms with E-state index in [1.807, 2.05) is 6.08 Å². The van der Waals surface area contributed by atoms with Crippen molar-refractivity contribution < 1.29 is 5.11 Å². The monoisotopic (exact) mass is 226 g/mol. The molecule has 1 unspecified atom stereocenters. The number of rotatable bonds is 4. The third-order valence-electron chi connectivity index (χ3n) is 3.28. The Morgan fingerprint density at radius 3 is 2.12 bits per heavy atom. The molecule has 1 aliphatic heterocycles. The molecular formula is C13H26N2O. The molecule has 1 atom stereocenters. The molecule has 0 spiro atoms. The van der Waals surface area contributed by atoms with Gasteiger partial charge in [-0.05, 0) is 5.41 Å². The van der Waals surface area contributed by atoms with Crippen molar-refractivity contribution in [3.63, 3.8) is 0 Å². The van der Waals surface area contributed by atoms with E-state index >= 15 is 0 Å². The summed E-state index contributed by atoms with van der Waals surface area (Å²) in [5.74, 6) is 0. The highest BCUT2D eigenvalue weighted by atomic mass is 16.3. The third kappa shape index (κ3) is 4.24. The second-order valence-corrected chi connectivity index (χ2v) is 5.77. The summed E-state index contributed by atoms with van der Waals surface area (Å²) in [6.45, 7) is 16.1. The van der Waals surface area contributed by atoms with Crippen molar-refractivity contribution in [2.24, 2.45) is 5.41 Å². The first-order valence-corrected chi connectivity index (χ1v) is 6.17. The molecule has 0 saturated carbocycles. The number of nitrogens with zero attached hydrogens (tertiary/aromatic N) is 2. The van der Waals surface area contributed by atoms with Crippen molar-refractivity contribution in [3.8, 4) is 0 Å². The van der Waals surface area contributed by atoms with Crippen LogP contribution in [0.1, 0.15) is 20.8 Å². The van der Waals surface area contributed by atoms with E-state index in [2.05, 4.69) is 37.1 Å². The van der Waals surface area contributed by atoms with Gasteiger partial charge >= 0.3 is 0 Å². The normalized spacial score (nSPS) is 22.0. The summed E-state index contributed by atoms with van der Waals surface area (Å²) >= 11 is 0. The first-order valence-electron chi connectivity index (χ1n) is 6.17. The van der Waals surface area contributed by atoms with Crippen LogP contribution >= 0.6 is 0 Å². The van der Waals surface area contributed by atoms with E-state index in [0.29, 0.717) is 0 Å². The quantitative estimate of drug-likeness (QED) is 0.730. The van der Waals surface area contributed by atoms with Gasteiger partial charge in [0.2, 0.25) is 0 Å². The topological polar surface area (TPSA) is 26.7 Å². The van der Waals surface area contributed by atoms with Gasteiger partial charge in [-0.2, -0.15) is 0 Å². The van der Waals surface area contributed by atoms with Crippen molar-refractivity contribution in [2.75, 3.05) is 39.3 Å². The van der Waals surface area contributed by atoms with E-state index in [4.69, 9.17) is 0 Å². The van der Waals surface area contributed by atoms with Gasteiger partial charge in [0.25, 0.3) is 0 Å². The molecule has 0 aliphatic carbocycles. The number of aliphatic hydroxyl groups is 1. The number of aliphatic hydroxyl groups excluding tert-OH is 1. The lowest BCUT2D eigenvalue weighted by molar-refractivity contribution is 0.0147. The van der Waals surface area contributed by atoms with Gasteiger partial charge < -0.3 is 5.11 Å². The SMILES string of the molecule is C=CCN1CCN(CC(O)C(C)(C)C)CC1. The molecule has 3 heteroatoms. The summed E-state index contributed by atoms with van der Waals surface area (Å²) in [4.78, 5) is 4.75. The fraction of sp³-hybridized carbons (Fsp3) is 0.846. The highest BCUT2D eigenvalue weighted by Crippen LogP contribution is 2.20. The molecule has 1 aliphatic rings. The van der Waals surface area contributed by atoms with Crippen LogP contribution in [0.25, 0.3) is 0 Å². The molecule has 0 aromatic heterocycles. The molecule has 0 aromatic rings. The van der Waals surface area contributed by atoms with Crippen LogP contribution in [0.5, 0.6) is 0 Å². The Kier molecular flexibility index (Phi) is 4.96. The molecule has 1 heterocycles. The van der Waals surface area contributed by atoms with Crippen molar-refractivity contribution in [1.29, 1.82) is 0 Å². The van der Waals surface area contributed by atoms with Gasteiger partial charge in [-0.15, -0.1) is 6.58 Å². The molecular weight excluding hydrogens is 200 g/mol. The van der Waals surface area contributed by atoms with E-state index in [0.717, 1.165) is 39.3 Å². The summed E-state index contributed by atoms with van der Waals surface area (Å²) in [6, 6.07) is 0. The summed E-state index contributed by atoms with van der Waals surface area (Å²) in [5.41, 5.74) is -0.0156. The van der Waals surface area contributed by atoms with E-state index in [9.17, 15) is 5.11 Å². The minimum Gasteiger partial charge on any atom is -0.391 e. The van der Waals surface area contributed by atoms with Crippen molar-refractivity contribution >= 4 is 0 Å². The molecule has 0 amide bonds. The van der Waals surface area contributed by atoms with Crippen LogP contribution in [0.3, 0.4) is 0 Å². The van der Waals surface area contributed by atoms with Crippen LogP contribution in [0.2, 0.25) is 0 Å². The predicted octanol–water partition coefficient (Wildman–Crippen LogP) is 1.20. The van der Waals surface area contributed by atoms with Gasteiger partial charge in [-0.25, -0.2) is 0 Å². The van der Waals surface area contributed by atoms with Crippen LogP contribution < -0.4 is 0 Å². The number of hydrogen-bond donors (Lipinski definition) is 1. The lowest BCUT2D eigenvalue weighted by atomic mass is 9.89. The van der Waals surface area contributed by atoms with Crippen LogP contribution in [-0.4, -0.2) is 60.3 Å². The molecule has 1 fully saturated rings. The maximum atomic E-state index is 10.0. The van der Waals surface area contributed by atoms with Crippen LogP contribution in [0.4, 0.5) is 0 Å². The molecule has 1 rings (SSSR count). The van der Waals surface area contributed by atoms with Gasteiger partial charge in [-0.3, -0.25) is 9.80 Å². The van der Waals surface area contributed by atoms with Crippen LogP contribution in [0, 0.1) is 5.41 Å². The van der Waals surface area contributed by atoms with Crippen molar-refractivity contribution in [1.82, 2.24) is 9.80 Å². The maximum Gasteiger partial charge on any atom is 0.0715 e. The number of hydrogen-bond acceptors (Lipinski definition) is 3. The molecule has 1 saturated heterocycles.